The molecule has 1 saturated heterocycles. The van der Waals surface area contributed by atoms with Gasteiger partial charge in [-0.1, -0.05) is 64.9 Å². The van der Waals surface area contributed by atoms with Crippen molar-refractivity contribution in [3.05, 3.63) is 116 Å². The van der Waals surface area contributed by atoms with Crippen molar-refractivity contribution in [3.8, 4) is 0 Å². The fraction of sp³-hybridized carbons (Fsp3) is 0.0741. The van der Waals surface area contributed by atoms with E-state index < -0.39 is 38.3 Å². The molecule has 1 fully saturated rings. The molecule has 0 bridgehead atoms. The lowest BCUT2D eigenvalue weighted by Crippen LogP contribution is -2.29. The van der Waals surface area contributed by atoms with Crippen LogP contribution in [0.3, 0.4) is 0 Å². The molecule has 2 heterocycles. The van der Waals surface area contributed by atoms with E-state index in [1.165, 1.54) is 0 Å². The number of aliphatic hydroxyl groups excluding tert-OH is 1. The number of carbonyl (C=O) groups is 2. The fourth-order valence-corrected chi connectivity index (χ4v) is 6.88. The van der Waals surface area contributed by atoms with E-state index in [4.69, 9.17) is 11.6 Å². The van der Waals surface area contributed by atoms with E-state index >= 15 is 0 Å². The summed E-state index contributed by atoms with van der Waals surface area (Å²) in [6.07, 6.45) is 1.05. The number of amides is 1. The average Bonchev–Trinajstić information content (AvgIpc) is 3.53. The molecule has 202 valence electrons. The first-order valence-electron chi connectivity index (χ1n) is 11.6. The van der Waals surface area contributed by atoms with Crippen LogP contribution in [0.2, 0.25) is 5.02 Å². The molecule has 0 saturated carbocycles. The lowest BCUT2D eigenvalue weighted by Gasteiger charge is -2.23. The summed E-state index contributed by atoms with van der Waals surface area (Å²) in [5.74, 6) is -2.36. The van der Waals surface area contributed by atoms with Crippen LogP contribution in [0.4, 0.5) is 10.8 Å². The van der Waals surface area contributed by atoms with Crippen LogP contribution in [0, 0.1) is 17.0 Å². The lowest BCUT2D eigenvalue weighted by molar-refractivity contribution is -0.384. The maximum absolute atomic E-state index is 13.3. The Labute approximate surface area is 236 Å². The Kier molecular flexibility index (Phi) is 7.00. The van der Waals surface area contributed by atoms with Crippen molar-refractivity contribution >= 4 is 61.0 Å². The SMILES string of the molecule is Cc1ccc(/C(O)=C2\C(=O)C(=O)N(c3ncc(S(=O)(=O)c4ccc([N+](=O)[O-])cc4)s3)[C@H]2c2ccc(Cl)cc2)cc1. The second-order valence-corrected chi connectivity index (χ2v) is 12.4. The summed E-state index contributed by atoms with van der Waals surface area (Å²) in [4.78, 5) is 41.9. The number of halogens is 1. The molecule has 1 N–H and O–H groups in total. The first-order chi connectivity index (χ1) is 19.0. The van der Waals surface area contributed by atoms with Crippen LogP contribution in [0.1, 0.15) is 22.7 Å². The minimum absolute atomic E-state index is 0.0921. The molecule has 1 aliphatic heterocycles. The number of non-ortho nitro benzene ring substituents is 1. The van der Waals surface area contributed by atoms with Crippen LogP contribution in [0.5, 0.6) is 0 Å². The molecule has 4 aromatic rings. The van der Waals surface area contributed by atoms with Gasteiger partial charge in [-0.15, -0.1) is 0 Å². The number of nitro groups is 1. The largest absolute Gasteiger partial charge is 0.507 e. The lowest BCUT2D eigenvalue weighted by atomic mass is 9.95. The zero-order valence-electron chi connectivity index (χ0n) is 20.5. The number of thiazole rings is 1. The van der Waals surface area contributed by atoms with Gasteiger partial charge in [0.05, 0.1) is 27.6 Å². The highest BCUT2D eigenvalue weighted by Crippen LogP contribution is 2.44. The number of hydrogen-bond acceptors (Lipinski definition) is 9. The van der Waals surface area contributed by atoms with Gasteiger partial charge in [0.25, 0.3) is 11.5 Å². The predicted molar refractivity (Wildman–Crippen MR) is 148 cm³/mol. The molecule has 1 aromatic heterocycles. The number of anilines is 1. The second kappa shape index (κ2) is 10.3. The van der Waals surface area contributed by atoms with Gasteiger partial charge in [0.1, 0.15) is 9.97 Å². The standard InChI is InChI=1S/C27H18ClN3O7S2/c1-15-2-4-17(5-3-15)24(32)22-23(16-6-8-18(28)9-7-16)30(26(34)25(22)33)27-29-14-21(39-27)40(37,38)20-12-10-19(11-13-20)31(35)36/h2-14,23,32H,1H3/b24-22+/t23-/m0/s1. The molecular weight excluding hydrogens is 578 g/mol. The van der Waals surface area contributed by atoms with E-state index in [2.05, 4.69) is 4.98 Å². The molecule has 40 heavy (non-hydrogen) atoms. The summed E-state index contributed by atoms with van der Waals surface area (Å²) >= 11 is 6.71. The van der Waals surface area contributed by atoms with Crippen LogP contribution in [-0.4, -0.2) is 35.1 Å². The molecule has 0 radical (unpaired) electrons. The quantitative estimate of drug-likeness (QED) is 0.101. The first kappa shape index (κ1) is 27.2. The molecule has 1 atom stereocenters. The molecule has 0 spiro atoms. The molecule has 5 rings (SSSR count). The Hall–Kier alpha value is -4.39. The summed E-state index contributed by atoms with van der Waals surface area (Å²) < 4.78 is 26.2. The molecule has 1 aliphatic rings. The second-order valence-electron chi connectivity index (χ2n) is 8.80. The van der Waals surface area contributed by atoms with Crippen LogP contribution < -0.4 is 4.90 Å². The highest BCUT2D eigenvalue weighted by atomic mass is 35.5. The van der Waals surface area contributed by atoms with Crippen molar-refractivity contribution in [1.29, 1.82) is 0 Å². The van der Waals surface area contributed by atoms with Gasteiger partial charge < -0.3 is 5.11 Å². The molecule has 13 heteroatoms. The number of aliphatic hydroxyl groups is 1. The third kappa shape index (κ3) is 4.76. The zero-order chi connectivity index (χ0) is 28.8. The van der Waals surface area contributed by atoms with Crippen LogP contribution >= 0.6 is 22.9 Å². The molecule has 3 aromatic carbocycles. The molecular formula is C27H18ClN3O7S2. The third-order valence-corrected chi connectivity index (χ3v) is 9.74. The number of sulfone groups is 1. The van der Waals surface area contributed by atoms with E-state index in [0.717, 1.165) is 40.9 Å². The van der Waals surface area contributed by atoms with E-state index in [-0.39, 0.29) is 25.5 Å². The van der Waals surface area contributed by atoms with Crippen molar-refractivity contribution in [2.75, 3.05) is 4.90 Å². The number of aryl methyl sites for hydroxylation is 1. The van der Waals surface area contributed by atoms with Gasteiger partial charge in [-0.3, -0.25) is 24.6 Å². The van der Waals surface area contributed by atoms with Crippen molar-refractivity contribution in [2.45, 2.75) is 22.1 Å². The Balaban J connectivity index is 1.62. The van der Waals surface area contributed by atoms with Crippen LogP contribution in [0.25, 0.3) is 5.76 Å². The van der Waals surface area contributed by atoms with Crippen LogP contribution in [-0.2, 0) is 19.4 Å². The highest BCUT2D eigenvalue weighted by molar-refractivity contribution is 7.93. The number of Topliss-reactive ketones (excluding diaryl/α,β-unsaturated/α-hetero) is 1. The first-order valence-corrected chi connectivity index (χ1v) is 14.3. The number of aromatic nitrogens is 1. The van der Waals surface area contributed by atoms with Gasteiger partial charge in [0.15, 0.2) is 5.13 Å². The van der Waals surface area contributed by atoms with Crippen molar-refractivity contribution in [3.63, 3.8) is 0 Å². The summed E-state index contributed by atoms with van der Waals surface area (Å²) in [6.45, 7) is 1.86. The average molecular weight is 596 g/mol. The number of nitrogens with zero attached hydrogens (tertiary/aromatic N) is 3. The number of carbonyl (C=O) groups excluding carboxylic acids is 2. The summed E-state index contributed by atoms with van der Waals surface area (Å²) in [7, 11) is -4.15. The maximum Gasteiger partial charge on any atom is 0.301 e. The molecule has 1 amide bonds. The van der Waals surface area contributed by atoms with Crippen LogP contribution in [0.15, 0.2) is 93.7 Å². The predicted octanol–water partition coefficient (Wildman–Crippen LogP) is 5.47. The van der Waals surface area contributed by atoms with Crippen molar-refractivity contribution in [1.82, 2.24) is 4.98 Å². The summed E-state index contributed by atoms with van der Waals surface area (Å²) in [5, 5.41) is 22.4. The minimum Gasteiger partial charge on any atom is -0.507 e. The van der Waals surface area contributed by atoms with Gasteiger partial charge in [0, 0.05) is 22.7 Å². The Morgan fingerprint density at radius 1 is 1.02 bits per heavy atom. The summed E-state index contributed by atoms with van der Waals surface area (Å²) in [6, 6.07) is 16.3. The molecule has 0 aliphatic carbocycles. The number of ketones is 1. The van der Waals surface area contributed by atoms with Gasteiger partial charge in [-0.2, -0.15) is 0 Å². The summed E-state index contributed by atoms with van der Waals surface area (Å²) in [5.41, 5.74) is 1.22. The van der Waals surface area contributed by atoms with Gasteiger partial charge in [-0.05, 0) is 36.8 Å². The smallest absolute Gasteiger partial charge is 0.301 e. The Morgan fingerprint density at radius 2 is 1.65 bits per heavy atom. The number of nitro benzene ring substituents is 1. The number of rotatable bonds is 6. The van der Waals surface area contributed by atoms with E-state index in [1.54, 1.807) is 48.5 Å². The Bertz CT molecular complexity index is 1800. The van der Waals surface area contributed by atoms with E-state index in [1.807, 2.05) is 6.92 Å². The number of hydrogen-bond donors (Lipinski definition) is 1. The molecule has 0 unspecified atom stereocenters. The van der Waals surface area contributed by atoms with E-state index in [0.29, 0.717) is 27.5 Å². The van der Waals surface area contributed by atoms with Gasteiger partial charge in [-0.25, -0.2) is 13.4 Å². The van der Waals surface area contributed by atoms with Crippen molar-refractivity contribution in [2.24, 2.45) is 0 Å². The maximum atomic E-state index is 13.3. The molecule has 10 nitrogen and oxygen atoms in total. The number of benzene rings is 3. The highest BCUT2D eigenvalue weighted by Gasteiger charge is 2.48. The Morgan fingerprint density at radius 3 is 2.25 bits per heavy atom. The minimum atomic E-state index is -4.15. The van der Waals surface area contributed by atoms with Gasteiger partial charge >= 0.3 is 5.91 Å². The van der Waals surface area contributed by atoms with Gasteiger partial charge in [0.2, 0.25) is 9.84 Å². The van der Waals surface area contributed by atoms with Crippen molar-refractivity contribution < 1.29 is 28.0 Å². The zero-order valence-corrected chi connectivity index (χ0v) is 22.9. The van der Waals surface area contributed by atoms with E-state index in [9.17, 15) is 33.2 Å². The monoisotopic (exact) mass is 595 g/mol. The fourth-order valence-electron chi connectivity index (χ4n) is 4.21. The topological polar surface area (TPSA) is 148 Å². The normalized spacial score (nSPS) is 16.9. The third-order valence-electron chi connectivity index (χ3n) is 6.26.